The third-order valence-corrected chi connectivity index (χ3v) is 11.0. The number of benzene rings is 5. The van der Waals surface area contributed by atoms with Crippen LogP contribution in [0, 0.1) is 27.7 Å². The van der Waals surface area contributed by atoms with Crippen molar-refractivity contribution in [2.45, 2.75) is 66.2 Å². The van der Waals surface area contributed by atoms with Gasteiger partial charge in [-0.15, -0.1) is 0 Å². The molecule has 2 aliphatic heterocycles. The summed E-state index contributed by atoms with van der Waals surface area (Å²) >= 11 is 0. The van der Waals surface area contributed by atoms with E-state index in [9.17, 15) is 9.59 Å². The third-order valence-electron chi connectivity index (χ3n) is 11.0. The molecule has 0 N–H and O–H groups in total. The fourth-order valence-corrected chi connectivity index (χ4v) is 8.66. The van der Waals surface area contributed by atoms with Crippen molar-refractivity contribution in [2.24, 2.45) is 0 Å². The van der Waals surface area contributed by atoms with Gasteiger partial charge in [-0.05, 0) is 97.5 Å². The average molecular weight is 601 g/mol. The number of aromatic nitrogens is 2. The normalized spacial score (nSPS) is 15.5. The summed E-state index contributed by atoms with van der Waals surface area (Å²) in [5.41, 5.74) is 14.4. The summed E-state index contributed by atoms with van der Waals surface area (Å²) in [4.78, 5) is 29.1. The number of fused-ring (bicyclic) bond motifs is 8. The zero-order chi connectivity index (χ0) is 32.2. The number of hydrogen-bond acceptors (Lipinski definition) is 2. The molecule has 0 atom stereocenters. The Labute approximate surface area is 267 Å². The molecule has 0 radical (unpaired) electrons. The van der Waals surface area contributed by atoms with Gasteiger partial charge >= 0.3 is 0 Å². The van der Waals surface area contributed by atoms with Gasteiger partial charge in [0.25, 0.3) is 0 Å². The molecule has 226 valence electrons. The maximum atomic E-state index is 14.6. The molecule has 4 heteroatoms. The van der Waals surface area contributed by atoms with Crippen LogP contribution in [0.15, 0.2) is 82.4 Å². The van der Waals surface area contributed by atoms with Crippen LogP contribution in [0.25, 0.3) is 55.0 Å². The molecule has 5 aromatic carbocycles. The van der Waals surface area contributed by atoms with Gasteiger partial charge in [0.15, 0.2) is 10.9 Å². The van der Waals surface area contributed by atoms with Crippen molar-refractivity contribution in [3.05, 3.63) is 138 Å². The molecule has 0 amide bonds. The number of hydrogen-bond donors (Lipinski definition) is 0. The van der Waals surface area contributed by atoms with E-state index in [1.807, 2.05) is 18.2 Å². The lowest BCUT2D eigenvalue weighted by Gasteiger charge is -2.38. The number of nitrogens with zero attached hydrogens (tertiary/aromatic N) is 2. The predicted octanol–water partition coefficient (Wildman–Crippen LogP) is 9.11. The Hall–Kier alpha value is -4.96. The standard InChI is InChI=1S/C42H36N2O2/c1-21-9-11-33-29(15-21)41(5,6)31-17-23(3)13-27-37(31)43(33)35-20-36-26(19-25(35)39(27)45)40(46)28-14-24(4)18-32-38(28)44(36)34-12-10-22(2)16-30(34)42(32,7)8/h9-20H,1-8H3. The maximum Gasteiger partial charge on any atom is 0.197 e. The Morgan fingerprint density at radius 1 is 0.435 bits per heavy atom. The van der Waals surface area contributed by atoms with Crippen LogP contribution in [0.4, 0.5) is 0 Å². The van der Waals surface area contributed by atoms with Crippen LogP contribution in [0.2, 0.25) is 0 Å². The smallest absolute Gasteiger partial charge is 0.197 e. The van der Waals surface area contributed by atoms with Crippen LogP contribution < -0.4 is 10.9 Å². The maximum absolute atomic E-state index is 14.6. The Balaban J connectivity index is 1.58. The summed E-state index contributed by atoms with van der Waals surface area (Å²) in [6.07, 6.45) is 0. The molecule has 0 bridgehead atoms. The minimum absolute atomic E-state index is 0.0281. The quantitative estimate of drug-likeness (QED) is 0.163. The Morgan fingerprint density at radius 2 is 0.826 bits per heavy atom. The topological polar surface area (TPSA) is 44.0 Å². The van der Waals surface area contributed by atoms with E-state index in [2.05, 4.69) is 119 Å². The van der Waals surface area contributed by atoms with E-state index < -0.39 is 0 Å². The molecule has 7 aromatic rings. The van der Waals surface area contributed by atoms with Crippen LogP contribution in [-0.4, -0.2) is 9.13 Å². The largest absolute Gasteiger partial charge is 0.308 e. The van der Waals surface area contributed by atoms with Crippen LogP contribution in [-0.2, 0) is 10.8 Å². The molecule has 4 heterocycles. The molecule has 2 aromatic heterocycles. The fraction of sp³-hybridized carbons (Fsp3) is 0.238. The van der Waals surface area contributed by atoms with Crippen molar-refractivity contribution >= 4 is 43.6 Å². The second-order valence-corrected chi connectivity index (χ2v) is 14.9. The molecule has 2 aliphatic rings. The highest BCUT2D eigenvalue weighted by Crippen LogP contribution is 2.48. The first-order valence-electron chi connectivity index (χ1n) is 16.2. The van der Waals surface area contributed by atoms with E-state index in [1.165, 1.54) is 22.3 Å². The van der Waals surface area contributed by atoms with Gasteiger partial charge in [0.05, 0.1) is 33.4 Å². The molecule has 0 unspecified atom stereocenters. The van der Waals surface area contributed by atoms with Gasteiger partial charge < -0.3 is 9.13 Å². The van der Waals surface area contributed by atoms with Crippen molar-refractivity contribution in [3.63, 3.8) is 0 Å². The van der Waals surface area contributed by atoms with Crippen molar-refractivity contribution in [1.82, 2.24) is 9.13 Å². The summed E-state index contributed by atoms with van der Waals surface area (Å²) in [5.74, 6) is 0. The van der Waals surface area contributed by atoms with E-state index in [0.29, 0.717) is 21.5 Å². The summed E-state index contributed by atoms with van der Waals surface area (Å²) in [6.45, 7) is 17.5. The van der Waals surface area contributed by atoms with Crippen molar-refractivity contribution in [2.75, 3.05) is 0 Å². The zero-order valence-electron chi connectivity index (χ0n) is 27.6. The van der Waals surface area contributed by atoms with Gasteiger partial charge in [-0.25, -0.2) is 0 Å². The molecule has 0 aliphatic carbocycles. The van der Waals surface area contributed by atoms with Gasteiger partial charge in [0.2, 0.25) is 0 Å². The van der Waals surface area contributed by atoms with Crippen molar-refractivity contribution in [3.8, 4) is 11.4 Å². The molecule has 0 saturated carbocycles. The minimum atomic E-state index is -0.295. The van der Waals surface area contributed by atoms with Crippen molar-refractivity contribution in [1.29, 1.82) is 0 Å². The van der Waals surface area contributed by atoms with E-state index in [-0.39, 0.29) is 21.7 Å². The minimum Gasteiger partial charge on any atom is -0.308 e. The second-order valence-electron chi connectivity index (χ2n) is 14.9. The zero-order valence-corrected chi connectivity index (χ0v) is 27.6. The highest BCUT2D eigenvalue weighted by atomic mass is 16.1. The van der Waals surface area contributed by atoms with Gasteiger partial charge in [0.1, 0.15) is 0 Å². The van der Waals surface area contributed by atoms with Crippen LogP contribution in [0.3, 0.4) is 0 Å². The first kappa shape index (κ1) is 27.4. The molecule has 0 spiro atoms. The SMILES string of the molecule is Cc1ccc2c(c1)C(C)(C)c1cc(C)cc3c(=O)c4cc5c(=O)c6cc(C)cc7c6n(c5cc4n-2c13)-c1ccc(C)cc1C7(C)C. The first-order chi connectivity index (χ1) is 21.8. The van der Waals surface area contributed by atoms with E-state index in [1.54, 1.807) is 0 Å². The summed E-state index contributed by atoms with van der Waals surface area (Å²) in [6, 6.07) is 25.8. The molecular weight excluding hydrogens is 564 g/mol. The molecule has 0 fully saturated rings. The highest BCUT2D eigenvalue weighted by molar-refractivity contribution is 6.07. The molecule has 0 saturated heterocycles. The molecule has 4 nitrogen and oxygen atoms in total. The Kier molecular flexibility index (Phi) is 5.02. The first-order valence-corrected chi connectivity index (χ1v) is 16.2. The second kappa shape index (κ2) is 8.44. The fourth-order valence-electron chi connectivity index (χ4n) is 8.66. The monoisotopic (exact) mass is 600 g/mol. The molecule has 46 heavy (non-hydrogen) atoms. The van der Waals surface area contributed by atoms with E-state index >= 15 is 0 Å². The Morgan fingerprint density at radius 3 is 1.24 bits per heavy atom. The number of pyridine rings is 2. The molecular formula is C42H36N2O2. The lowest BCUT2D eigenvalue weighted by molar-refractivity contribution is 0.628. The predicted molar refractivity (Wildman–Crippen MR) is 191 cm³/mol. The number of aryl methyl sites for hydroxylation is 4. The summed E-state index contributed by atoms with van der Waals surface area (Å²) in [5, 5.41) is 2.54. The van der Waals surface area contributed by atoms with Gasteiger partial charge in [-0.1, -0.05) is 75.2 Å². The summed E-state index contributed by atoms with van der Waals surface area (Å²) < 4.78 is 4.59. The van der Waals surface area contributed by atoms with Gasteiger partial charge in [-0.3, -0.25) is 9.59 Å². The number of rotatable bonds is 0. The molecule has 9 rings (SSSR count). The third kappa shape index (κ3) is 3.19. The van der Waals surface area contributed by atoms with E-state index in [4.69, 9.17) is 0 Å². The van der Waals surface area contributed by atoms with Crippen molar-refractivity contribution < 1.29 is 0 Å². The van der Waals surface area contributed by atoms with Gasteiger partial charge in [-0.2, -0.15) is 0 Å². The van der Waals surface area contributed by atoms with Crippen LogP contribution >= 0.6 is 0 Å². The lowest BCUT2D eigenvalue weighted by Crippen LogP contribution is -2.30. The average Bonchev–Trinajstić information content (AvgIpc) is 3.00. The lowest BCUT2D eigenvalue weighted by atomic mass is 9.73. The Bertz CT molecular complexity index is 2530. The summed E-state index contributed by atoms with van der Waals surface area (Å²) in [7, 11) is 0. The van der Waals surface area contributed by atoms with Gasteiger partial charge in [0, 0.05) is 32.4 Å². The van der Waals surface area contributed by atoms with E-state index in [0.717, 1.165) is 55.7 Å². The van der Waals surface area contributed by atoms with Crippen LogP contribution in [0.1, 0.15) is 72.2 Å². The van der Waals surface area contributed by atoms with Crippen LogP contribution in [0.5, 0.6) is 0 Å². The highest BCUT2D eigenvalue weighted by Gasteiger charge is 2.37.